The first-order valence-electron chi connectivity index (χ1n) is 2.81. The summed E-state index contributed by atoms with van der Waals surface area (Å²) < 4.78 is 4.43. The van der Waals surface area contributed by atoms with Gasteiger partial charge in [-0.15, -0.1) is 0 Å². The van der Waals surface area contributed by atoms with Crippen LogP contribution in [0.4, 0.5) is 0 Å². The predicted molar refractivity (Wildman–Crippen MR) is 39.2 cm³/mol. The van der Waals surface area contributed by atoms with Crippen molar-refractivity contribution in [2.24, 2.45) is 0 Å². The average molecular weight is 197 g/mol. The van der Waals surface area contributed by atoms with Crippen molar-refractivity contribution in [2.45, 2.75) is 12.8 Å². The highest BCUT2D eigenvalue weighted by molar-refractivity contribution is 9.09. The lowest BCUT2D eigenvalue weighted by atomic mass is 10.2. The van der Waals surface area contributed by atoms with Crippen LogP contribution in [0.5, 0.6) is 0 Å². The fraction of sp³-hybridized carbons (Fsp3) is 1.00. The van der Waals surface area contributed by atoms with E-state index in [0.717, 1.165) is 18.2 Å². The number of halogens is 1. The third-order valence-corrected chi connectivity index (χ3v) is 1.36. The van der Waals surface area contributed by atoms with Gasteiger partial charge in [0.25, 0.3) is 0 Å². The number of rotatable bonds is 5. The molecule has 5 heteroatoms. The van der Waals surface area contributed by atoms with Gasteiger partial charge < -0.3 is 14.7 Å². The Morgan fingerprint density at radius 2 is 2.00 bits per heavy atom. The molecule has 0 bridgehead atoms. The molecule has 0 aliphatic rings. The summed E-state index contributed by atoms with van der Waals surface area (Å²) in [5.41, 5.74) is 0. The van der Waals surface area contributed by atoms with Gasteiger partial charge in [0.05, 0.1) is 0 Å². The Balaban J connectivity index is 2.75. The Hall–Kier alpha value is 0.425. The number of alkyl halides is 1. The highest BCUT2D eigenvalue weighted by Gasteiger charge is 2.05. The maximum atomic E-state index is 8.17. The zero-order chi connectivity index (χ0) is 7.11. The molecule has 0 atom stereocenters. The number of unbranched alkanes of at least 4 members (excludes halogenated alkanes) is 1. The van der Waals surface area contributed by atoms with Gasteiger partial charge in [0.1, 0.15) is 0 Å². The van der Waals surface area contributed by atoms with Crippen LogP contribution in [0.15, 0.2) is 0 Å². The molecular weight excluding hydrogens is 187 g/mol. The Labute approximate surface area is 63.3 Å². The lowest BCUT2D eigenvalue weighted by Gasteiger charge is -1.98. The summed E-state index contributed by atoms with van der Waals surface area (Å²) in [7, 11) is -1.61. The van der Waals surface area contributed by atoms with Gasteiger partial charge in [-0.25, -0.2) is 0 Å². The zero-order valence-corrected chi connectivity index (χ0v) is 6.67. The summed E-state index contributed by atoms with van der Waals surface area (Å²) in [5.74, 6) is 0. The van der Waals surface area contributed by atoms with Crippen LogP contribution >= 0.6 is 15.9 Å². The van der Waals surface area contributed by atoms with Crippen molar-refractivity contribution in [3.8, 4) is 0 Å². The maximum absolute atomic E-state index is 8.17. The molecule has 0 unspecified atom stereocenters. The van der Waals surface area contributed by atoms with E-state index in [1.54, 1.807) is 0 Å². The monoisotopic (exact) mass is 196 g/mol. The van der Waals surface area contributed by atoms with Crippen LogP contribution in [0.2, 0.25) is 0 Å². The van der Waals surface area contributed by atoms with Crippen LogP contribution in [0, 0.1) is 0 Å². The molecule has 0 amide bonds. The standard InChI is InChI=1S/C4H10BBrO3/c6-3-1-2-4-9-5(7)8/h7-8H,1-4H2. The van der Waals surface area contributed by atoms with Gasteiger partial charge in [-0.05, 0) is 12.8 Å². The lowest BCUT2D eigenvalue weighted by molar-refractivity contribution is 0.183. The molecule has 0 aromatic heterocycles. The fourth-order valence-electron chi connectivity index (χ4n) is 0.385. The smallest absolute Gasteiger partial charge is 0.402 e. The molecule has 2 N–H and O–H groups in total. The van der Waals surface area contributed by atoms with Crippen LogP contribution < -0.4 is 0 Å². The second-order valence-corrected chi connectivity index (χ2v) is 2.39. The van der Waals surface area contributed by atoms with E-state index in [2.05, 4.69) is 20.6 Å². The van der Waals surface area contributed by atoms with E-state index in [4.69, 9.17) is 10.0 Å². The molecule has 54 valence electrons. The van der Waals surface area contributed by atoms with Crippen LogP contribution in [0.1, 0.15) is 12.8 Å². The van der Waals surface area contributed by atoms with Gasteiger partial charge in [-0.1, -0.05) is 15.9 Å². The van der Waals surface area contributed by atoms with E-state index in [-0.39, 0.29) is 0 Å². The maximum Gasteiger partial charge on any atom is 0.633 e. The van der Waals surface area contributed by atoms with Gasteiger partial charge in [0, 0.05) is 11.9 Å². The van der Waals surface area contributed by atoms with E-state index in [9.17, 15) is 0 Å². The van der Waals surface area contributed by atoms with Crippen molar-refractivity contribution in [3.63, 3.8) is 0 Å². The summed E-state index contributed by atoms with van der Waals surface area (Å²) in [6, 6.07) is 0. The summed E-state index contributed by atoms with van der Waals surface area (Å²) in [5, 5.41) is 17.3. The molecule has 0 aromatic carbocycles. The summed E-state index contributed by atoms with van der Waals surface area (Å²) in [4.78, 5) is 0. The Morgan fingerprint density at radius 3 is 2.44 bits per heavy atom. The summed E-state index contributed by atoms with van der Waals surface area (Å²) in [6.45, 7) is 0.406. The Morgan fingerprint density at radius 1 is 1.33 bits per heavy atom. The topological polar surface area (TPSA) is 49.7 Å². The van der Waals surface area contributed by atoms with Crippen molar-refractivity contribution in [1.29, 1.82) is 0 Å². The van der Waals surface area contributed by atoms with Crippen LogP contribution in [0.25, 0.3) is 0 Å². The molecule has 0 aromatic rings. The third kappa shape index (κ3) is 8.42. The highest BCUT2D eigenvalue weighted by atomic mass is 79.9. The molecule has 0 saturated carbocycles. The quantitative estimate of drug-likeness (QED) is 0.374. The first-order valence-corrected chi connectivity index (χ1v) is 3.93. The summed E-state index contributed by atoms with van der Waals surface area (Å²) in [6.07, 6.45) is 1.84. The second-order valence-electron chi connectivity index (χ2n) is 1.59. The van der Waals surface area contributed by atoms with Crippen molar-refractivity contribution in [2.75, 3.05) is 11.9 Å². The van der Waals surface area contributed by atoms with Crippen molar-refractivity contribution in [1.82, 2.24) is 0 Å². The minimum Gasteiger partial charge on any atom is -0.402 e. The Bertz CT molecular complexity index is 61.8. The van der Waals surface area contributed by atoms with E-state index < -0.39 is 7.32 Å². The van der Waals surface area contributed by atoms with Crippen LogP contribution in [0.3, 0.4) is 0 Å². The SMILES string of the molecule is OB(O)OCCCCBr. The van der Waals surface area contributed by atoms with Crippen LogP contribution in [-0.4, -0.2) is 29.3 Å². The van der Waals surface area contributed by atoms with Crippen molar-refractivity contribution < 1.29 is 14.7 Å². The Kier molecular flexibility index (Phi) is 6.85. The number of hydrogen-bond donors (Lipinski definition) is 2. The van der Waals surface area contributed by atoms with Crippen LogP contribution in [-0.2, 0) is 4.65 Å². The largest absolute Gasteiger partial charge is 0.633 e. The highest BCUT2D eigenvalue weighted by Crippen LogP contribution is 1.93. The minimum absolute atomic E-state index is 0.406. The molecule has 9 heavy (non-hydrogen) atoms. The van der Waals surface area contributed by atoms with Gasteiger partial charge >= 0.3 is 7.32 Å². The predicted octanol–water partition coefficient (Wildman–Crippen LogP) is 0.148. The van der Waals surface area contributed by atoms with E-state index >= 15 is 0 Å². The molecule has 0 spiro atoms. The van der Waals surface area contributed by atoms with Gasteiger partial charge in [-0.2, -0.15) is 0 Å². The second kappa shape index (κ2) is 6.54. The van der Waals surface area contributed by atoms with Gasteiger partial charge in [-0.3, -0.25) is 0 Å². The molecule has 0 heterocycles. The first kappa shape index (κ1) is 9.42. The molecule has 0 saturated heterocycles. The molecule has 3 nitrogen and oxygen atoms in total. The van der Waals surface area contributed by atoms with Gasteiger partial charge in [0.15, 0.2) is 0 Å². The molecule has 0 radical (unpaired) electrons. The van der Waals surface area contributed by atoms with E-state index in [1.807, 2.05) is 0 Å². The van der Waals surface area contributed by atoms with E-state index in [1.165, 1.54) is 0 Å². The summed E-state index contributed by atoms with van der Waals surface area (Å²) >= 11 is 3.24. The first-order chi connectivity index (χ1) is 4.27. The molecule has 0 rings (SSSR count). The normalized spacial score (nSPS) is 9.67. The number of hydrogen-bond acceptors (Lipinski definition) is 3. The van der Waals surface area contributed by atoms with Crippen molar-refractivity contribution in [3.05, 3.63) is 0 Å². The average Bonchev–Trinajstić information content (AvgIpc) is 1.80. The molecule has 0 fully saturated rings. The fourth-order valence-corrected chi connectivity index (χ4v) is 0.782. The lowest BCUT2D eigenvalue weighted by Crippen LogP contribution is -2.17. The van der Waals surface area contributed by atoms with E-state index in [0.29, 0.717) is 6.61 Å². The van der Waals surface area contributed by atoms with Crippen molar-refractivity contribution >= 4 is 23.3 Å². The minimum atomic E-state index is -1.61. The van der Waals surface area contributed by atoms with Gasteiger partial charge in [0.2, 0.25) is 0 Å². The molecule has 0 aliphatic carbocycles. The zero-order valence-electron chi connectivity index (χ0n) is 5.09. The third-order valence-electron chi connectivity index (χ3n) is 0.795. The molecular formula is C4H10BBrO3. The molecule has 0 aliphatic heterocycles.